The van der Waals surface area contributed by atoms with Crippen molar-refractivity contribution < 1.29 is 9.47 Å². The Morgan fingerprint density at radius 1 is 1.35 bits per heavy atom. The number of benzene rings is 1. The second kappa shape index (κ2) is 4.70. The van der Waals surface area contributed by atoms with Gasteiger partial charge in [0.1, 0.15) is 11.9 Å². The van der Waals surface area contributed by atoms with Crippen molar-refractivity contribution in [3.05, 3.63) is 36.1 Å². The van der Waals surface area contributed by atoms with Gasteiger partial charge in [-0.2, -0.15) is 0 Å². The van der Waals surface area contributed by atoms with Crippen LogP contribution in [0.2, 0.25) is 0 Å². The number of ether oxygens (including phenoxy) is 2. The SMILES string of the molecule is C1=COC(CNc2cccc3c2CCO3)CC1. The number of allylic oxidation sites excluding steroid dienone is 1. The maximum absolute atomic E-state index is 5.55. The van der Waals surface area contributed by atoms with Gasteiger partial charge < -0.3 is 14.8 Å². The Morgan fingerprint density at radius 3 is 3.24 bits per heavy atom. The summed E-state index contributed by atoms with van der Waals surface area (Å²) in [6.07, 6.45) is 7.39. The fraction of sp³-hybridized carbons (Fsp3) is 0.429. The predicted molar refractivity (Wildman–Crippen MR) is 67.4 cm³/mol. The fourth-order valence-corrected chi connectivity index (χ4v) is 2.35. The van der Waals surface area contributed by atoms with Crippen LogP contribution in [-0.4, -0.2) is 19.3 Å². The van der Waals surface area contributed by atoms with Crippen LogP contribution in [0.4, 0.5) is 5.69 Å². The average Bonchev–Trinajstić information content (AvgIpc) is 2.86. The molecule has 90 valence electrons. The first kappa shape index (κ1) is 10.5. The summed E-state index contributed by atoms with van der Waals surface area (Å²) in [5.74, 6) is 1.03. The Labute approximate surface area is 101 Å². The minimum Gasteiger partial charge on any atom is -0.497 e. The Morgan fingerprint density at radius 2 is 2.35 bits per heavy atom. The highest BCUT2D eigenvalue weighted by atomic mass is 16.5. The molecular formula is C14H17NO2. The first-order valence-corrected chi connectivity index (χ1v) is 6.22. The topological polar surface area (TPSA) is 30.5 Å². The van der Waals surface area contributed by atoms with Crippen molar-refractivity contribution in [2.45, 2.75) is 25.4 Å². The number of nitrogens with one attached hydrogen (secondary N) is 1. The Hall–Kier alpha value is -1.64. The largest absolute Gasteiger partial charge is 0.497 e. The van der Waals surface area contributed by atoms with Crippen molar-refractivity contribution in [1.29, 1.82) is 0 Å². The molecular weight excluding hydrogens is 214 g/mol. The van der Waals surface area contributed by atoms with Crippen LogP contribution in [0.25, 0.3) is 0 Å². The average molecular weight is 231 g/mol. The van der Waals surface area contributed by atoms with Crippen LogP contribution in [0.1, 0.15) is 18.4 Å². The molecule has 1 aromatic rings. The Bertz CT molecular complexity index is 428. The van der Waals surface area contributed by atoms with Crippen LogP contribution in [-0.2, 0) is 11.2 Å². The van der Waals surface area contributed by atoms with Crippen LogP contribution in [0.15, 0.2) is 30.5 Å². The lowest BCUT2D eigenvalue weighted by molar-refractivity contribution is 0.135. The fourth-order valence-electron chi connectivity index (χ4n) is 2.35. The number of fused-ring (bicyclic) bond motifs is 1. The van der Waals surface area contributed by atoms with E-state index in [9.17, 15) is 0 Å². The molecule has 0 bridgehead atoms. The Balaban J connectivity index is 1.65. The molecule has 1 atom stereocenters. The van der Waals surface area contributed by atoms with E-state index < -0.39 is 0 Å². The molecule has 0 aliphatic carbocycles. The molecule has 2 aliphatic rings. The number of hydrogen-bond acceptors (Lipinski definition) is 3. The molecule has 0 radical (unpaired) electrons. The second-order valence-electron chi connectivity index (χ2n) is 4.47. The lowest BCUT2D eigenvalue weighted by Gasteiger charge is -2.21. The van der Waals surface area contributed by atoms with Gasteiger partial charge in [0.05, 0.1) is 19.4 Å². The molecule has 1 N–H and O–H groups in total. The first-order valence-electron chi connectivity index (χ1n) is 6.22. The zero-order valence-electron chi connectivity index (χ0n) is 9.82. The molecule has 2 heterocycles. The van der Waals surface area contributed by atoms with Crippen LogP contribution in [0.5, 0.6) is 5.75 Å². The van der Waals surface area contributed by atoms with Crippen molar-refractivity contribution in [3.8, 4) is 5.75 Å². The summed E-state index contributed by atoms with van der Waals surface area (Å²) in [5, 5.41) is 3.48. The van der Waals surface area contributed by atoms with Gasteiger partial charge in [-0.05, 0) is 31.1 Å². The van der Waals surface area contributed by atoms with Crippen molar-refractivity contribution in [2.75, 3.05) is 18.5 Å². The second-order valence-corrected chi connectivity index (χ2v) is 4.47. The number of hydrogen-bond donors (Lipinski definition) is 1. The zero-order chi connectivity index (χ0) is 11.5. The van der Waals surface area contributed by atoms with Crippen molar-refractivity contribution in [2.24, 2.45) is 0 Å². The molecule has 3 heteroatoms. The molecule has 1 aromatic carbocycles. The van der Waals surface area contributed by atoms with E-state index in [2.05, 4.69) is 17.5 Å². The molecule has 0 fully saturated rings. The highest BCUT2D eigenvalue weighted by Crippen LogP contribution is 2.31. The Kier molecular flexibility index (Phi) is 2.90. The monoisotopic (exact) mass is 231 g/mol. The van der Waals surface area contributed by atoms with E-state index in [1.165, 1.54) is 11.3 Å². The van der Waals surface area contributed by atoms with Gasteiger partial charge in [0.15, 0.2) is 0 Å². The van der Waals surface area contributed by atoms with E-state index in [1.807, 2.05) is 18.4 Å². The lowest BCUT2D eigenvalue weighted by Crippen LogP contribution is -2.23. The van der Waals surface area contributed by atoms with Crippen LogP contribution >= 0.6 is 0 Å². The zero-order valence-corrected chi connectivity index (χ0v) is 9.82. The normalized spacial score (nSPS) is 21.5. The van der Waals surface area contributed by atoms with E-state index in [0.717, 1.165) is 38.2 Å². The molecule has 2 aliphatic heterocycles. The molecule has 0 spiro atoms. The van der Waals surface area contributed by atoms with Gasteiger partial charge in [0.2, 0.25) is 0 Å². The maximum atomic E-state index is 5.55. The molecule has 0 aromatic heterocycles. The summed E-state index contributed by atoms with van der Waals surface area (Å²) in [5.41, 5.74) is 2.50. The van der Waals surface area contributed by atoms with E-state index in [0.29, 0.717) is 0 Å². The molecule has 0 saturated heterocycles. The van der Waals surface area contributed by atoms with Crippen LogP contribution in [0.3, 0.4) is 0 Å². The van der Waals surface area contributed by atoms with E-state index in [-0.39, 0.29) is 6.10 Å². The van der Waals surface area contributed by atoms with Gasteiger partial charge in [0, 0.05) is 17.7 Å². The summed E-state index contributed by atoms with van der Waals surface area (Å²) >= 11 is 0. The summed E-state index contributed by atoms with van der Waals surface area (Å²) in [7, 11) is 0. The van der Waals surface area contributed by atoms with Gasteiger partial charge in [-0.3, -0.25) is 0 Å². The highest BCUT2D eigenvalue weighted by molar-refractivity contribution is 5.59. The quantitative estimate of drug-likeness (QED) is 0.867. The third-order valence-corrected chi connectivity index (χ3v) is 3.29. The molecule has 0 saturated carbocycles. The van der Waals surface area contributed by atoms with Crippen molar-refractivity contribution >= 4 is 5.69 Å². The number of anilines is 1. The smallest absolute Gasteiger partial charge is 0.124 e. The molecule has 17 heavy (non-hydrogen) atoms. The van der Waals surface area contributed by atoms with Crippen LogP contribution < -0.4 is 10.1 Å². The predicted octanol–water partition coefficient (Wildman–Crippen LogP) is 2.73. The van der Waals surface area contributed by atoms with Crippen LogP contribution in [0, 0.1) is 0 Å². The van der Waals surface area contributed by atoms with Gasteiger partial charge in [-0.15, -0.1) is 0 Å². The minimum absolute atomic E-state index is 0.290. The van der Waals surface area contributed by atoms with Gasteiger partial charge in [-0.1, -0.05) is 6.07 Å². The summed E-state index contributed by atoms with van der Waals surface area (Å²) in [6, 6.07) is 6.19. The lowest BCUT2D eigenvalue weighted by atomic mass is 10.1. The van der Waals surface area contributed by atoms with Crippen molar-refractivity contribution in [1.82, 2.24) is 0 Å². The van der Waals surface area contributed by atoms with E-state index in [1.54, 1.807) is 0 Å². The van der Waals surface area contributed by atoms with Gasteiger partial charge in [0.25, 0.3) is 0 Å². The first-order chi connectivity index (χ1) is 8.43. The van der Waals surface area contributed by atoms with Gasteiger partial charge >= 0.3 is 0 Å². The van der Waals surface area contributed by atoms with E-state index in [4.69, 9.17) is 9.47 Å². The van der Waals surface area contributed by atoms with Crippen molar-refractivity contribution in [3.63, 3.8) is 0 Å². The summed E-state index contributed by atoms with van der Waals surface area (Å²) in [4.78, 5) is 0. The molecule has 0 amide bonds. The molecule has 3 nitrogen and oxygen atoms in total. The molecule has 1 unspecified atom stereocenters. The highest BCUT2D eigenvalue weighted by Gasteiger charge is 2.17. The number of rotatable bonds is 3. The van der Waals surface area contributed by atoms with Gasteiger partial charge in [-0.25, -0.2) is 0 Å². The third-order valence-electron chi connectivity index (χ3n) is 3.29. The molecule has 3 rings (SSSR count). The van der Waals surface area contributed by atoms with E-state index >= 15 is 0 Å². The summed E-state index contributed by atoms with van der Waals surface area (Å²) < 4.78 is 11.1. The standard InChI is InChI=1S/C14H17NO2/c1-2-8-16-11(4-1)10-15-13-5-3-6-14-12(13)7-9-17-14/h2-3,5-6,8,11,15H,1,4,7,9-10H2. The third kappa shape index (κ3) is 2.23. The maximum Gasteiger partial charge on any atom is 0.124 e. The minimum atomic E-state index is 0.290. The summed E-state index contributed by atoms with van der Waals surface area (Å²) in [6.45, 7) is 1.66.